The van der Waals surface area contributed by atoms with Gasteiger partial charge in [-0.1, -0.05) is 24.3 Å². The zero-order chi connectivity index (χ0) is 24.7. The van der Waals surface area contributed by atoms with Crippen molar-refractivity contribution in [3.63, 3.8) is 0 Å². The molecule has 9 heteroatoms. The molecule has 3 aromatic rings. The average molecular weight is 474 g/mol. The van der Waals surface area contributed by atoms with E-state index in [-0.39, 0.29) is 29.5 Å². The number of carbonyl (C=O) groups excluding carboxylic acids is 3. The molecule has 0 spiro atoms. The lowest BCUT2D eigenvalue weighted by Crippen LogP contribution is -2.29. The van der Waals surface area contributed by atoms with Crippen molar-refractivity contribution in [2.75, 3.05) is 17.2 Å². The molecule has 2 aromatic carbocycles. The molecule has 2 N–H and O–H groups in total. The minimum Gasteiger partial charge on any atom is -0.339 e. The van der Waals surface area contributed by atoms with Crippen LogP contribution in [0, 0.1) is 12.8 Å². The summed E-state index contributed by atoms with van der Waals surface area (Å²) in [4.78, 5) is 52.8. The molecular formula is C26H27N5O4. The SMILES string of the molecule is Cc1c(NC(=O)c2cccc(NC(=O)C3CC(=O)N(C4CC4)C3)c2)c(=O)n(-c2ccccc2)n1C. The van der Waals surface area contributed by atoms with Crippen LogP contribution in [0.25, 0.3) is 5.69 Å². The molecule has 0 bridgehead atoms. The molecule has 0 radical (unpaired) electrons. The van der Waals surface area contributed by atoms with Gasteiger partial charge in [-0.05, 0) is 50.1 Å². The van der Waals surface area contributed by atoms with Crippen molar-refractivity contribution >= 4 is 29.1 Å². The van der Waals surface area contributed by atoms with E-state index in [1.807, 2.05) is 30.3 Å². The van der Waals surface area contributed by atoms with E-state index < -0.39 is 11.8 Å². The Labute approximate surface area is 202 Å². The summed E-state index contributed by atoms with van der Waals surface area (Å²) in [5.41, 5.74) is 1.94. The van der Waals surface area contributed by atoms with Gasteiger partial charge in [0.15, 0.2) is 0 Å². The first-order chi connectivity index (χ1) is 16.8. The van der Waals surface area contributed by atoms with E-state index in [2.05, 4.69) is 10.6 Å². The highest BCUT2D eigenvalue weighted by Gasteiger charge is 2.41. The summed E-state index contributed by atoms with van der Waals surface area (Å²) in [6, 6.07) is 16.0. The van der Waals surface area contributed by atoms with E-state index in [1.54, 1.807) is 47.8 Å². The van der Waals surface area contributed by atoms with Crippen molar-refractivity contribution in [3.8, 4) is 5.69 Å². The third kappa shape index (κ3) is 4.37. The van der Waals surface area contributed by atoms with Crippen molar-refractivity contribution in [2.24, 2.45) is 13.0 Å². The lowest BCUT2D eigenvalue weighted by Gasteiger charge is -2.15. The standard InChI is InChI=1S/C26H27N5O4/c1-16-23(26(35)31(29(16)2)21-9-4-3-5-10-21)28-24(33)17-7-6-8-19(13-17)27-25(34)18-14-22(32)30(15-18)20-11-12-20/h3-10,13,18,20H,11-12,14-15H2,1-2H3,(H,27,34)(H,28,33). The second-order valence-electron chi connectivity index (χ2n) is 9.14. The number of rotatable bonds is 6. The maximum atomic E-state index is 13.1. The second kappa shape index (κ2) is 8.90. The van der Waals surface area contributed by atoms with E-state index in [0.29, 0.717) is 35.2 Å². The molecule has 2 aliphatic rings. The van der Waals surface area contributed by atoms with Gasteiger partial charge in [-0.15, -0.1) is 0 Å². The predicted molar refractivity (Wildman–Crippen MR) is 132 cm³/mol. The zero-order valence-electron chi connectivity index (χ0n) is 19.7. The molecule has 1 aliphatic heterocycles. The molecule has 35 heavy (non-hydrogen) atoms. The van der Waals surface area contributed by atoms with Crippen molar-refractivity contribution in [1.82, 2.24) is 14.3 Å². The van der Waals surface area contributed by atoms with Gasteiger partial charge < -0.3 is 15.5 Å². The number of nitrogens with one attached hydrogen (secondary N) is 2. The Kier molecular flexibility index (Phi) is 5.76. The highest BCUT2D eigenvalue weighted by Crippen LogP contribution is 2.33. The van der Waals surface area contributed by atoms with Crippen LogP contribution in [0.5, 0.6) is 0 Å². The number of hydrogen-bond donors (Lipinski definition) is 2. The van der Waals surface area contributed by atoms with Gasteiger partial charge in [0.25, 0.3) is 11.5 Å². The molecule has 1 aliphatic carbocycles. The molecule has 180 valence electrons. The van der Waals surface area contributed by atoms with Gasteiger partial charge in [0.2, 0.25) is 11.8 Å². The Morgan fingerprint density at radius 1 is 0.971 bits per heavy atom. The molecule has 1 unspecified atom stereocenters. The quantitative estimate of drug-likeness (QED) is 0.574. The summed E-state index contributed by atoms with van der Waals surface area (Å²) in [5.74, 6) is -1.06. The van der Waals surface area contributed by atoms with Gasteiger partial charge in [-0.2, -0.15) is 0 Å². The van der Waals surface area contributed by atoms with Crippen molar-refractivity contribution in [2.45, 2.75) is 32.2 Å². The topological polar surface area (TPSA) is 105 Å². The third-order valence-corrected chi connectivity index (χ3v) is 6.70. The number of benzene rings is 2. The van der Waals surface area contributed by atoms with Crippen LogP contribution >= 0.6 is 0 Å². The van der Waals surface area contributed by atoms with Crippen molar-refractivity contribution < 1.29 is 14.4 Å². The van der Waals surface area contributed by atoms with Gasteiger partial charge in [-0.25, -0.2) is 4.68 Å². The fourth-order valence-electron chi connectivity index (χ4n) is 4.53. The third-order valence-electron chi connectivity index (χ3n) is 6.70. The molecule has 1 atom stereocenters. The highest BCUT2D eigenvalue weighted by atomic mass is 16.2. The molecule has 5 rings (SSSR count). The molecule has 2 fully saturated rings. The lowest BCUT2D eigenvalue weighted by atomic mass is 10.1. The van der Waals surface area contributed by atoms with Crippen LogP contribution < -0.4 is 16.2 Å². The van der Waals surface area contributed by atoms with Crippen LogP contribution in [0.3, 0.4) is 0 Å². The Bertz CT molecular complexity index is 1370. The zero-order valence-corrected chi connectivity index (χ0v) is 19.7. The van der Waals surface area contributed by atoms with E-state index >= 15 is 0 Å². The number of anilines is 2. The maximum absolute atomic E-state index is 13.1. The van der Waals surface area contributed by atoms with E-state index in [0.717, 1.165) is 12.8 Å². The summed E-state index contributed by atoms with van der Waals surface area (Å²) in [7, 11) is 1.76. The molecule has 2 heterocycles. The van der Waals surface area contributed by atoms with Crippen LogP contribution in [0.15, 0.2) is 59.4 Å². The minimum atomic E-state index is -0.455. The number of para-hydroxylation sites is 1. The second-order valence-corrected chi connectivity index (χ2v) is 9.14. The van der Waals surface area contributed by atoms with Gasteiger partial charge in [-0.3, -0.25) is 23.9 Å². The number of aromatic nitrogens is 2. The number of carbonyl (C=O) groups is 3. The van der Waals surface area contributed by atoms with Crippen LogP contribution in [0.2, 0.25) is 0 Å². The molecule has 3 amide bonds. The molecular weight excluding hydrogens is 446 g/mol. The van der Waals surface area contributed by atoms with Gasteiger partial charge in [0.05, 0.1) is 17.3 Å². The fraction of sp³-hybridized carbons (Fsp3) is 0.308. The van der Waals surface area contributed by atoms with Crippen LogP contribution in [-0.2, 0) is 16.6 Å². The van der Waals surface area contributed by atoms with Crippen molar-refractivity contribution in [1.29, 1.82) is 0 Å². The van der Waals surface area contributed by atoms with Gasteiger partial charge in [0, 0.05) is 37.3 Å². The molecule has 1 saturated carbocycles. The Morgan fingerprint density at radius 2 is 1.71 bits per heavy atom. The first kappa shape index (κ1) is 22.6. The van der Waals surface area contributed by atoms with E-state index in [1.165, 1.54) is 4.68 Å². The molecule has 1 aromatic heterocycles. The van der Waals surface area contributed by atoms with Gasteiger partial charge >= 0.3 is 0 Å². The number of hydrogen-bond acceptors (Lipinski definition) is 4. The lowest BCUT2D eigenvalue weighted by molar-refractivity contribution is -0.128. The van der Waals surface area contributed by atoms with E-state index in [4.69, 9.17) is 0 Å². The highest BCUT2D eigenvalue weighted by molar-refractivity contribution is 6.06. The van der Waals surface area contributed by atoms with E-state index in [9.17, 15) is 19.2 Å². The number of amides is 3. The number of likely N-dealkylation sites (tertiary alicyclic amines) is 1. The average Bonchev–Trinajstić information content (AvgIpc) is 3.59. The predicted octanol–water partition coefficient (Wildman–Crippen LogP) is 2.69. The normalized spacial score (nSPS) is 17.5. The first-order valence-electron chi connectivity index (χ1n) is 11.7. The summed E-state index contributed by atoms with van der Waals surface area (Å²) < 4.78 is 3.19. The van der Waals surface area contributed by atoms with Crippen LogP contribution in [0.1, 0.15) is 35.3 Å². The first-order valence-corrected chi connectivity index (χ1v) is 11.7. The Hall–Kier alpha value is -4.14. The summed E-state index contributed by atoms with van der Waals surface area (Å²) >= 11 is 0. The summed E-state index contributed by atoms with van der Waals surface area (Å²) in [6.45, 7) is 2.21. The number of nitrogens with zero attached hydrogens (tertiary/aromatic N) is 3. The van der Waals surface area contributed by atoms with Crippen LogP contribution in [-0.4, -0.2) is 44.6 Å². The van der Waals surface area contributed by atoms with Crippen LogP contribution in [0.4, 0.5) is 11.4 Å². The summed E-state index contributed by atoms with van der Waals surface area (Å²) in [5, 5.41) is 5.57. The Morgan fingerprint density at radius 3 is 2.43 bits per heavy atom. The maximum Gasteiger partial charge on any atom is 0.295 e. The molecule has 1 saturated heterocycles. The molecule has 9 nitrogen and oxygen atoms in total. The Balaban J connectivity index is 1.31. The minimum absolute atomic E-state index is 0.0279. The van der Waals surface area contributed by atoms with Gasteiger partial charge in [0.1, 0.15) is 5.69 Å². The van der Waals surface area contributed by atoms with Crippen molar-refractivity contribution in [3.05, 3.63) is 76.2 Å². The summed E-state index contributed by atoms with van der Waals surface area (Å²) in [6.07, 6.45) is 2.23. The smallest absolute Gasteiger partial charge is 0.295 e. The monoisotopic (exact) mass is 473 g/mol. The largest absolute Gasteiger partial charge is 0.339 e. The fourth-order valence-corrected chi connectivity index (χ4v) is 4.53.